The molecule has 3 fully saturated rings. The maximum Gasteiger partial charge on any atom is 0.246 e. The van der Waals surface area contributed by atoms with Crippen molar-refractivity contribution in [1.82, 2.24) is 25.8 Å². The van der Waals surface area contributed by atoms with E-state index in [9.17, 15) is 14.4 Å². The number of amides is 3. The SMILES string of the molecule is CN[C@@H](C)C(=O)N[C@H](C(=O)N1C[C@H]2CCCN2CC1C(=O)NC(C)(C)c1ccccc1)C1CCCCC1. The topological polar surface area (TPSA) is 93.8 Å². The highest BCUT2D eigenvalue weighted by Crippen LogP contribution is 2.31. The Morgan fingerprint density at radius 1 is 0.973 bits per heavy atom. The molecule has 2 heterocycles. The lowest BCUT2D eigenvalue weighted by Crippen LogP contribution is -2.67. The van der Waals surface area contributed by atoms with Crippen LogP contribution in [0.4, 0.5) is 0 Å². The number of carbonyl (C=O) groups is 3. The molecule has 1 aromatic rings. The summed E-state index contributed by atoms with van der Waals surface area (Å²) in [6.45, 7) is 7.82. The first kappa shape index (κ1) is 27.6. The first-order valence-corrected chi connectivity index (χ1v) is 14.1. The van der Waals surface area contributed by atoms with Crippen LogP contribution in [0.3, 0.4) is 0 Å². The van der Waals surface area contributed by atoms with Gasteiger partial charge in [-0.1, -0.05) is 49.6 Å². The minimum absolute atomic E-state index is 0.0975. The van der Waals surface area contributed by atoms with Gasteiger partial charge in [0.25, 0.3) is 0 Å². The number of rotatable bonds is 8. The molecular formula is C29H45N5O3. The van der Waals surface area contributed by atoms with Crippen molar-refractivity contribution in [2.24, 2.45) is 5.92 Å². The van der Waals surface area contributed by atoms with Gasteiger partial charge in [0.1, 0.15) is 12.1 Å². The van der Waals surface area contributed by atoms with Crippen molar-refractivity contribution in [1.29, 1.82) is 0 Å². The molecule has 2 aliphatic heterocycles. The molecule has 1 aliphatic carbocycles. The molecule has 3 aliphatic rings. The zero-order valence-corrected chi connectivity index (χ0v) is 23.0. The third kappa shape index (κ3) is 6.34. The van der Waals surface area contributed by atoms with Crippen LogP contribution in [0.25, 0.3) is 0 Å². The number of fused-ring (bicyclic) bond motifs is 1. The van der Waals surface area contributed by atoms with Crippen LogP contribution in [0.15, 0.2) is 30.3 Å². The fourth-order valence-electron chi connectivity index (χ4n) is 6.24. The molecule has 0 aromatic heterocycles. The van der Waals surface area contributed by atoms with E-state index in [1.807, 2.05) is 44.2 Å². The van der Waals surface area contributed by atoms with Crippen LogP contribution < -0.4 is 16.0 Å². The summed E-state index contributed by atoms with van der Waals surface area (Å²) in [6.07, 6.45) is 7.26. The number of nitrogens with zero attached hydrogens (tertiary/aromatic N) is 2. The third-order valence-electron chi connectivity index (χ3n) is 8.72. The Balaban J connectivity index is 1.59. The number of carbonyl (C=O) groups excluding carboxylic acids is 3. The summed E-state index contributed by atoms with van der Waals surface area (Å²) >= 11 is 0. The molecule has 0 radical (unpaired) electrons. The summed E-state index contributed by atoms with van der Waals surface area (Å²) in [5.74, 6) is -0.310. The number of hydrogen-bond donors (Lipinski definition) is 3. The lowest BCUT2D eigenvalue weighted by atomic mass is 9.82. The Labute approximate surface area is 221 Å². The zero-order chi connectivity index (χ0) is 26.6. The lowest BCUT2D eigenvalue weighted by Gasteiger charge is -2.46. The Bertz CT molecular complexity index is 946. The summed E-state index contributed by atoms with van der Waals surface area (Å²) < 4.78 is 0. The molecule has 0 bridgehead atoms. The zero-order valence-electron chi connectivity index (χ0n) is 23.0. The van der Waals surface area contributed by atoms with Gasteiger partial charge in [-0.25, -0.2) is 0 Å². The van der Waals surface area contributed by atoms with Gasteiger partial charge in [-0.05, 0) is 71.5 Å². The molecule has 3 amide bonds. The van der Waals surface area contributed by atoms with Crippen molar-refractivity contribution < 1.29 is 14.4 Å². The second kappa shape index (κ2) is 11.9. The average molecular weight is 512 g/mol. The van der Waals surface area contributed by atoms with Gasteiger partial charge in [0.05, 0.1) is 11.6 Å². The lowest BCUT2D eigenvalue weighted by molar-refractivity contribution is -0.150. The smallest absolute Gasteiger partial charge is 0.246 e. The van der Waals surface area contributed by atoms with Gasteiger partial charge >= 0.3 is 0 Å². The van der Waals surface area contributed by atoms with E-state index in [-0.39, 0.29) is 29.7 Å². The summed E-state index contributed by atoms with van der Waals surface area (Å²) in [5.41, 5.74) is 0.443. The quantitative estimate of drug-likeness (QED) is 0.498. The summed E-state index contributed by atoms with van der Waals surface area (Å²) in [4.78, 5) is 45.2. The Hall–Kier alpha value is -2.45. The van der Waals surface area contributed by atoms with E-state index in [2.05, 4.69) is 20.9 Å². The molecule has 8 heteroatoms. The van der Waals surface area contributed by atoms with Crippen molar-refractivity contribution in [2.75, 3.05) is 26.7 Å². The fourth-order valence-corrected chi connectivity index (χ4v) is 6.24. The van der Waals surface area contributed by atoms with Gasteiger partial charge in [-0.15, -0.1) is 0 Å². The van der Waals surface area contributed by atoms with E-state index >= 15 is 0 Å². The average Bonchev–Trinajstić information content (AvgIpc) is 3.38. The highest BCUT2D eigenvalue weighted by molar-refractivity contribution is 5.93. The van der Waals surface area contributed by atoms with E-state index in [1.165, 1.54) is 6.42 Å². The standard InChI is InChI=1S/C29H45N5O3/c1-20(30-4)26(35)31-25(21-12-7-5-8-13-21)28(37)34-18-23-16-11-17-33(23)19-24(34)27(36)32-29(2,3)22-14-9-6-10-15-22/h6,9-10,14-15,20-21,23-25,30H,5,7-8,11-13,16-19H2,1-4H3,(H,31,35)(H,32,36)/t20-,23+,24?,25-/m0/s1. The van der Waals surface area contributed by atoms with E-state index in [4.69, 9.17) is 0 Å². The maximum atomic E-state index is 14.3. The molecule has 4 rings (SSSR count). The van der Waals surface area contributed by atoms with Crippen LogP contribution in [0.5, 0.6) is 0 Å². The number of hydrogen-bond acceptors (Lipinski definition) is 5. The molecule has 1 aromatic carbocycles. The Morgan fingerprint density at radius 2 is 1.68 bits per heavy atom. The van der Waals surface area contributed by atoms with E-state index in [0.717, 1.165) is 50.6 Å². The van der Waals surface area contributed by atoms with E-state index in [0.29, 0.717) is 13.1 Å². The van der Waals surface area contributed by atoms with Gasteiger partial charge in [-0.2, -0.15) is 0 Å². The maximum absolute atomic E-state index is 14.3. The molecule has 2 saturated heterocycles. The number of likely N-dealkylation sites (N-methyl/N-ethyl adjacent to an activating group) is 1. The molecule has 37 heavy (non-hydrogen) atoms. The number of nitrogens with one attached hydrogen (secondary N) is 3. The molecule has 1 saturated carbocycles. The van der Waals surface area contributed by atoms with Crippen molar-refractivity contribution in [3.8, 4) is 0 Å². The second-order valence-corrected chi connectivity index (χ2v) is 11.7. The number of benzene rings is 1. The molecule has 8 nitrogen and oxygen atoms in total. The van der Waals surface area contributed by atoms with Gasteiger partial charge in [0.2, 0.25) is 17.7 Å². The normalized spacial score (nSPS) is 24.7. The van der Waals surface area contributed by atoms with Crippen LogP contribution in [-0.2, 0) is 19.9 Å². The largest absolute Gasteiger partial charge is 0.345 e. The van der Waals surface area contributed by atoms with Crippen molar-refractivity contribution in [3.63, 3.8) is 0 Å². The fraction of sp³-hybridized carbons (Fsp3) is 0.690. The van der Waals surface area contributed by atoms with Crippen molar-refractivity contribution in [2.45, 2.75) is 95.4 Å². The van der Waals surface area contributed by atoms with Crippen LogP contribution >= 0.6 is 0 Å². The van der Waals surface area contributed by atoms with Crippen LogP contribution in [0, 0.1) is 5.92 Å². The van der Waals surface area contributed by atoms with Gasteiger partial charge < -0.3 is 20.9 Å². The summed E-state index contributed by atoms with van der Waals surface area (Å²) in [7, 11) is 1.75. The third-order valence-corrected chi connectivity index (χ3v) is 8.72. The summed E-state index contributed by atoms with van der Waals surface area (Å²) in [6, 6.07) is 8.62. The van der Waals surface area contributed by atoms with E-state index in [1.54, 1.807) is 18.9 Å². The predicted octanol–water partition coefficient (Wildman–Crippen LogP) is 2.39. The minimum Gasteiger partial charge on any atom is -0.345 e. The first-order valence-electron chi connectivity index (χ1n) is 14.1. The Morgan fingerprint density at radius 3 is 2.35 bits per heavy atom. The van der Waals surface area contributed by atoms with Gasteiger partial charge in [0, 0.05) is 19.1 Å². The molecule has 4 atom stereocenters. The highest BCUT2D eigenvalue weighted by Gasteiger charge is 2.46. The highest BCUT2D eigenvalue weighted by atomic mass is 16.2. The Kier molecular flexibility index (Phi) is 8.90. The van der Waals surface area contributed by atoms with E-state index < -0.39 is 23.7 Å². The molecule has 0 spiro atoms. The number of piperazine rings is 1. The predicted molar refractivity (Wildman–Crippen MR) is 145 cm³/mol. The van der Waals surface area contributed by atoms with Crippen molar-refractivity contribution in [3.05, 3.63) is 35.9 Å². The van der Waals surface area contributed by atoms with Crippen LogP contribution in [0.2, 0.25) is 0 Å². The second-order valence-electron chi connectivity index (χ2n) is 11.7. The minimum atomic E-state index is -0.603. The molecule has 3 N–H and O–H groups in total. The van der Waals surface area contributed by atoms with Crippen LogP contribution in [0.1, 0.15) is 71.3 Å². The van der Waals surface area contributed by atoms with Crippen molar-refractivity contribution >= 4 is 17.7 Å². The first-order chi connectivity index (χ1) is 17.7. The molecule has 204 valence electrons. The molecular weight excluding hydrogens is 466 g/mol. The van der Waals surface area contributed by atoms with Crippen LogP contribution in [-0.4, -0.2) is 78.4 Å². The monoisotopic (exact) mass is 511 g/mol. The molecule has 1 unspecified atom stereocenters. The van der Waals surface area contributed by atoms with Gasteiger partial charge in [-0.3, -0.25) is 19.3 Å². The van der Waals surface area contributed by atoms with Gasteiger partial charge in [0.15, 0.2) is 0 Å². The summed E-state index contributed by atoms with van der Waals surface area (Å²) in [5, 5.41) is 9.31.